The van der Waals surface area contributed by atoms with Crippen LogP contribution >= 0.6 is 0 Å². The first-order chi connectivity index (χ1) is 13.1. The highest BCUT2D eigenvalue weighted by Crippen LogP contribution is 2.27. The summed E-state index contributed by atoms with van der Waals surface area (Å²) in [6.07, 6.45) is 3.73. The quantitative estimate of drug-likeness (QED) is 0.780. The molecule has 2 saturated heterocycles. The number of hydrogen-bond donors (Lipinski definition) is 1. The Morgan fingerprint density at radius 2 is 1.81 bits per heavy atom. The molecule has 0 bridgehead atoms. The second kappa shape index (κ2) is 9.02. The Bertz CT molecular complexity index is 669. The monoisotopic (exact) mass is 371 g/mol. The number of para-hydroxylation sites is 1. The SMILES string of the molecule is CCCCNC(=O)C1CCN(C(=O)C2CC(=O)N(c3ccccc3)C2)CC1. The Balaban J connectivity index is 1.50. The van der Waals surface area contributed by atoms with Crippen molar-refractivity contribution in [2.45, 2.75) is 39.0 Å². The first-order valence-electron chi connectivity index (χ1n) is 10.0. The highest BCUT2D eigenvalue weighted by molar-refractivity contribution is 6.00. The number of carbonyl (C=O) groups excluding carboxylic acids is 3. The Kier molecular flexibility index (Phi) is 6.48. The minimum Gasteiger partial charge on any atom is -0.356 e. The van der Waals surface area contributed by atoms with Crippen LogP contribution in [0.25, 0.3) is 0 Å². The van der Waals surface area contributed by atoms with Gasteiger partial charge in [-0.3, -0.25) is 14.4 Å². The van der Waals surface area contributed by atoms with Gasteiger partial charge in [0.1, 0.15) is 0 Å². The van der Waals surface area contributed by atoms with Crippen molar-refractivity contribution in [3.63, 3.8) is 0 Å². The molecule has 0 spiro atoms. The molecule has 6 nitrogen and oxygen atoms in total. The number of benzene rings is 1. The van der Waals surface area contributed by atoms with Crippen molar-refractivity contribution >= 4 is 23.4 Å². The Labute approximate surface area is 160 Å². The number of likely N-dealkylation sites (tertiary alicyclic amines) is 1. The molecule has 27 heavy (non-hydrogen) atoms. The topological polar surface area (TPSA) is 69.7 Å². The van der Waals surface area contributed by atoms with Crippen LogP contribution in [0.2, 0.25) is 0 Å². The van der Waals surface area contributed by atoms with Crippen molar-refractivity contribution in [1.29, 1.82) is 0 Å². The van der Waals surface area contributed by atoms with Crippen LogP contribution in [0.1, 0.15) is 39.0 Å². The zero-order chi connectivity index (χ0) is 19.2. The van der Waals surface area contributed by atoms with E-state index in [1.165, 1.54) is 0 Å². The molecule has 0 aliphatic carbocycles. The van der Waals surface area contributed by atoms with E-state index in [9.17, 15) is 14.4 Å². The number of hydrogen-bond acceptors (Lipinski definition) is 3. The molecule has 2 heterocycles. The van der Waals surface area contributed by atoms with Crippen LogP contribution in [0.3, 0.4) is 0 Å². The normalized spacial score (nSPS) is 20.8. The van der Waals surface area contributed by atoms with Crippen LogP contribution in [-0.2, 0) is 14.4 Å². The molecule has 1 N–H and O–H groups in total. The van der Waals surface area contributed by atoms with Crippen molar-refractivity contribution in [2.24, 2.45) is 11.8 Å². The highest BCUT2D eigenvalue weighted by Gasteiger charge is 2.38. The van der Waals surface area contributed by atoms with Gasteiger partial charge in [-0.1, -0.05) is 31.5 Å². The molecule has 0 radical (unpaired) electrons. The molecule has 1 aromatic carbocycles. The molecule has 6 heteroatoms. The maximum absolute atomic E-state index is 12.9. The second-order valence-corrected chi connectivity index (χ2v) is 7.49. The first-order valence-corrected chi connectivity index (χ1v) is 10.0. The summed E-state index contributed by atoms with van der Waals surface area (Å²) < 4.78 is 0. The van der Waals surface area contributed by atoms with Gasteiger partial charge in [0.25, 0.3) is 0 Å². The Morgan fingerprint density at radius 1 is 1.11 bits per heavy atom. The number of carbonyl (C=O) groups is 3. The molecule has 2 aliphatic heterocycles. The van der Waals surface area contributed by atoms with Crippen molar-refractivity contribution in [1.82, 2.24) is 10.2 Å². The fourth-order valence-electron chi connectivity index (χ4n) is 3.88. The van der Waals surface area contributed by atoms with Crippen molar-refractivity contribution < 1.29 is 14.4 Å². The van der Waals surface area contributed by atoms with E-state index in [1.807, 2.05) is 35.2 Å². The Hall–Kier alpha value is -2.37. The van der Waals surface area contributed by atoms with Gasteiger partial charge in [-0.2, -0.15) is 0 Å². The molecule has 146 valence electrons. The molecule has 0 saturated carbocycles. The molecular weight excluding hydrogens is 342 g/mol. The van der Waals surface area contributed by atoms with Crippen molar-refractivity contribution in [3.8, 4) is 0 Å². The molecule has 3 rings (SSSR count). The predicted octanol–water partition coefficient (Wildman–Crippen LogP) is 2.19. The van der Waals surface area contributed by atoms with Gasteiger partial charge in [-0.05, 0) is 31.4 Å². The average molecular weight is 371 g/mol. The second-order valence-electron chi connectivity index (χ2n) is 7.49. The van der Waals surface area contributed by atoms with E-state index in [1.54, 1.807) is 4.90 Å². The van der Waals surface area contributed by atoms with Gasteiger partial charge >= 0.3 is 0 Å². The third-order valence-electron chi connectivity index (χ3n) is 5.55. The van der Waals surface area contributed by atoms with E-state index < -0.39 is 0 Å². The molecular formula is C21H29N3O3. The standard InChI is InChI=1S/C21H29N3O3/c1-2-3-11-22-20(26)16-9-12-23(13-10-16)21(27)17-14-19(25)24(15-17)18-7-5-4-6-8-18/h4-8,16-17H,2-3,9-15H2,1H3,(H,22,26). The number of amides is 3. The summed E-state index contributed by atoms with van der Waals surface area (Å²) in [4.78, 5) is 40.9. The molecule has 3 amide bonds. The maximum Gasteiger partial charge on any atom is 0.228 e. The van der Waals surface area contributed by atoms with Gasteiger partial charge in [0.05, 0.1) is 5.92 Å². The van der Waals surface area contributed by atoms with E-state index in [-0.39, 0.29) is 36.0 Å². The highest BCUT2D eigenvalue weighted by atomic mass is 16.2. The number of nitrogens with zero attached hydrogens (tertiary/aromatic N) is 2. The number of unbranched alkanes of at least 4 members (excludes halogenated alkanes) is 1. The summed E-state index contributed by atoms with van der Waals surface area (Å²) in [5.74, 6) is -0.122. The molecule has 1 aromatic rings. The summed E-state index contributed by atoms with van der Waals surface area (Å²) in [6.45, 7) is 4.47. The van der Waals surface area contributed by atoms with Crippen LogP contribution in [-0.4, -0.2) is 48.8 Å². The molecule has 2 fully saturated rings. The van der Waals surface area contributed by atoms with Crippen molar-refractivity contribution in [3.05, 3.63) is 30.3 Å². The fraction of sp³-hybridized carbons (Fsp3) is 0.571. The lowest BCUT2D eigenvalue weighted by molar-refractivity contribution is -0.139. The minimum atomic E-state index is -0.285. The van der Waals surface area contributed by atoms with Gasteiger partial charge in [0, 0.05) is 44.2 Å². The molecule has 0 aromatic heterocycles. The summed E-state index contributed by atoms with van der Waals surface area (Å²) >= 11 is 0. The van der Waals surface area contributed by atoms with E-state index in [2.05, 4.69) is 12.2 Å². The van der Waals surface area contributed by atoms with E-state index in [0.717, 1.165) is 25.1 Å². The van der Waals surface area contributed by atoms with Crippen LogP contribution in [0.15, 0.2) is 30.3 Å². The number of rotatable bonds is 6. The lowest BCUT2D eigenvalue weighted by atomic mass is 9.94. The fourth-order valence-corrected chi connectivity index (χ4v) is 3.88. The number of piperidine rings is 1. The molecule has 1 unspecified atom stereocenters. The van der Waals surface area contributed by atoms with Crippen LogP contribution in [0.5, 0.6) is 0 Å². The minimum absolute atomic E-state index is 0.00284. The van der Waals surface area contributed by atoms with Crippen LogP contribution in [0.4, 0.5) is 5.69 Å². The summed E-state index contributed by atoms with van der Waals surface area (Å²) in [6, 6.07) is 9.50. The first kappa shape index (κ1) is 19.4. The third kappa shape index (κ3) is 4.67. The molecule has 2 aliphatic rings. The molecule has 1 atom stereocenters. The predicted molar refractivity (Wildman–Crippen MR) is 104 cm³/mol. The summed E-state index contributed by atoms with van der Waals surface area (Å²) in [7, 11) is 0. The van der Waals surface area contributed by atoms with Gasteiger partial charge in [-0.25, -0.2) is 0 Å². The zero-order valence-electron chi connectivity index (χ0n) is 16.0. The lowest BCUT2D eigenvalue weighted by Gasteiger charge is -2.33. The summed E-state index contributed by atoms with van der Waals surface area (Å²) in [5.41, 5.74) is 0.847. The number of anilines is 1. The summed E-state index contributed by atoms with van der Waals surface area (Å²) in [5, 5.41) is 2.99. The Morgan fingerprint density at radius 3 is 2.48 bits per heavy atom. The van der Waals surface area contributed by atoms with Gasteiger partial charge < -0.3 is 15.1 Å². The zero-order valence-corrected chi connectivity index (χ0v) is 16.0. The third-order valence-corrected chi connectivity index (χ3v) is 5.55. The van der Waals surface area contributed by atoms with E-state index in [4.69, 9.17) is 0 Å². The van der Waals surface area contributed by atoms with Crippen LogP contribution in [0, 0.1) is 11.8 Å². The van der Waals surface area contributed by atoms with Crippen molar-refractivity contribution in [2.75, 3.05) is 31.1 Å². The largest absolute Gasteiger partial charge is 0.356 e. The average Bonchev–Trinajstić information content (AvgIpc) is 3.10. The van der Waals surface area contributed by atoms with E-state index >= 15 is 0 Å². The van der Waals surface area contributed by atoms with Crippen LogP contribution < -0.4 is 10.2 Å². The van der Waals surface area contributed by atoms with E-state index in [0.29, 0.717) is 32.5 Å². The lowest BCUT2D eigenvalue weighted by Crippen LogP contribution is -2.45. The van der Waals surface area contributed by atoms with Gasteiger partial charge in [0.15, 0.2) is 0 Å². The smallest absolute Gasteiger partial charge is 0.228 e. The van der Waals surface area contributed by atoms with Gasteiger partial charge in [-0.15, -0.1) is 0 Å². The number of nitrogens with one attached hydrogen (secondary N) is 1. The maximum atomic E-state index is 12.9. The van der Waals surface area contributed by atoms with Gasteiger partial charge in [0.2, 0.25) is 17.7 Å².